The molecule has 1 aliphatic heterocycles. The first-order chi connectivity index (χ1) is 14.6. The minimum Gasteiger partial charge on any atom is -0.369 e. The van der Waals surface area contributed by atoms with Crippen molar-refractivity contribution in [2.45, 2.75) is 17.7 Å². The monoisotopic (exact) mass is 456 g/mol. The molecule has 0 saturated heterocycles. The Morgan fingerprint density at radius 1 is 1.34 bits per heavy atom. The summed E-state index contributed by atoms with van der Waals surface area (Å²) in [4.78, 5) is 33.2. The second-order valence-corrected chi connectivity index (χ2v) is 9.04. The van der Waals surface area contributed by atoms with Crippen molar-refractivity contribution >= 4 is 51.1 Å². The molecule has 1 aromatic heterocycles. The highest BCUT2D eigenvalue weighted by Crippen LogP contribution is 2.37. The van der Waals surface area contributed by atoms with Crippen molar-refractivity contribution in [2.24, 2.45) is 10.7 Å². The summed E-state index contributed by atoms with van der Waals surface area (Å²) in [6, 6.07) is 1.66. The molecular formula is C16H13B3F2N6O4S. The second kappa shape index (κ2) is 7.76. The molecule has 4 N–H and O–H groups in total. The van der Waals surface area contributed by atoms with Gasteiger partial charge in [-0.15, -0.1) is 0 Å². The van der Waals surface area contributed by atoms with Gasteiger partial charge in [-0.3, -0.25) is 13.9 Å². The third-order valence-corrected chi connectivity index (χ3v) is 6.42. The van der Waals surface area contributed by atoms with E-state index in [1.165, 1.54) is 6.92 Å². The molecule has 1 atom stereocenters. The lowest BCUT2D eigenvalue weighted by atomic mass is 9.49. The summed E-state index contributed by atoms with van der Waals surface area (Å²) < 4.78 is 54.7. The number of nitrogens with one attached hydrogen (secondary N) is 2. The van der Waals surface area contributed by atoms with Gasteiger partial charge in [0.05, 0.1) is 35.5 Å². The summed E-state index contributed by atoms with van der Waals surface area (Å²) in [7, 11) is 11.9. The molecule has 0 fully saturated rings. The van der Waals surface area contributed by atoms with E-state index in [9.17, 15) is 26.8 Å². The number of H-pyrrole nitrogens is 1. The molecule has 2 aromatic rings. The summed E-state index contributed by atoms with van der Waals surface area (Å²) in [6.07, 6.45) is 1.88. The lowest BCUT2D eigenvalue weighted by Gasteiger charge is -2.43. The number of carbonyl (C=O) groups is 1. The van der Waals surface area contributed by atoms with Gasteiger partial charge in [-0.1, -0.05) is 5.24 Å². The van der Waals surface area contributed by atoms with Crippen LogP contribution in [-0.4, -0.2) is 69.1 Å². The van der Waals surface area contributed by atoms with Crippen LogP contribution in [0, 0.1) is 11.6 Å². The average Bonchev–Trinajstić information content (AvgIpc) is 2.61. The van der Waals surface area contributed by atoms with Gasteiger partial charge in [-0.05, 0) is 13.0 Å². The smallest absolute Gasteiger partial charge is 0.275 e. The number of anilines is 1. The van der Waals surface area contributed by atoms with E-state index in [4.69, 9.17) is 29.3 Å². The maximum Gasteiger partial charge on any atom is 0.275 e. The van der Waals surface area contributed by atoms with Gasteiger partial charge in [0, 0.05) is 23.5 Å². The molecule has 6 radical (unpaired) electrons. The van der Waals surface area contributed by atoms with Crippen LogP contribution in [0.1, 0.15) is 23.0 Å². The van der Waals surface area contributed by atoms with Gasteiger partial charge in [-0.2, -0.15) is 0 Å². The normalized spacial score (nSPS) is 20.5. The highest BCUT2D eigenvalue weighted by molar-refractivity contribution is 7.90. The van der Waals surface area contributed by atoms with Gasteiger partial charge in [0.25, 0.3) is 11.5 Å². The number of hydrogen-bond acceptors (Lipinski definition) is 7. The van der Waals surface area contributed by atoms with Gasteiger partial charge in [0.2, 0.25) is 16.0 Å². The van der Waals surface area contributed by atoms with E-state index < -0.39 is 61.2 Å². The third kappa shape index (κ3) is 4.40. The van der Waals surface area contributed by atoms with Crippen LogP contribution >= 0.6 is 0 Å². The molecule has 2 heterocycles. The molecule has 32 heavy (non-hydrogen) atoms. The zero-order valence-electron chi connectivity index (χ0n) is 16.5. The van der Waals surface area contributed by atoms with Crippen LogP contribution in [0.25, 0.3) is 0 Å². The summed E-state index contributed by atoms with van der Waals surface area (Å²) in [5.74, 6) is -5.31. The number of halogens is 2. The number of rotatable bonds is 4. The standard InChI is InChI=1S/C16H13B3F2N6O4S/c1-15(6-32(30,31)27(14(22)26-15)16(17,18)19)8-2-7(3-9(20)12(8)21)25-13(29)10-4-24-11(28)5-23-10/h2-5H,6H2,1H3,(H2,22,26)(H,24,28)(H,25,29)/t15-/m0/s1. The fourth-order valence-corrected chi connectivity index (χ4v) is 5.05. The molecule has 3 rings (SSSR count). The molecule has 1 amide bonds. The van der Waals surface area contributed by atoms with Crippen LogP contribution in [0.5, 0.6) is 0 Å². The first-order valence-corrected chi connectivity index (χ1v) is 10.4. The molecule has 0 spiro atoms. The fraction of sp³-hybridized carbons (Fsp3) is 0.250. The lowest BCUT2D eigenvalue weighted by Crippen LogP contribution is -2.63. The van der Waals surface area contributed by atoms with Crippen LogP contribution in [-0.2, 0) is 15.6 Å². The summed E-state index contributed by atoms with van der Waals surface area (Å²) in [5.41, 5.74) is 2.23. The molecule has 0 unspecified atom stereocenters. The first-order valence-electron chi connectivity index (χ1n) is 8.75. The highest BCUT2D eigenvalue weighted by atomic mass is 32.2. The summed E-state index contributed by atoms with van der Waals surface area (Å²) in [6.45, 7) is 1.19. The molecular weight excluding hydrogens is 443 g/mol. The Balaban J connectivity index is 2.06. The van der Waals surface area contributed by atoms with Crippen molar-refractivity contribution in [2.75, 3.05) is 11.1 Å². The molecule has 0 aliphatic carbocycles. The Bertz CT molecular complexity index is 1280. The van der Waals surface area contributed by atoms with Crippen molar-refractivity contribution in [3.63, 3.8) is 0 Å². The number of aromatic nitrogens is 2. The SMILES string of the molecule is [B]C([B])([B])N1C(N)=N[C@](C)(c2cc(NC(=O)c3c[nH]c(=O)cn3)cc(F)c2F)CS1(=O)=O. The zero-order valence-corrected chi connectivity index (χ0v) is 17.3. The molecule has 0 bridgehead atoms. The summed E-state index contributed by atoms with van der Waals surface area (Å²) >= 11 is 0. The topological polar surface area (TPSA) is 151 Å². The Hall–Kier alpha value is -3.16. The average molecular weight is 456 g/mol. The van der Waals surface area contributed by atoms with Gasteiger partial charge < -0.3 is 16.0 Å². The van der Waals surface area contributed by atoms with Gasteiger partial charge in [-0.25, -0.2) is 27.2 Å². The van der Waals surface area contributed by atoms with Crippen LogP contribution in [0.4, 0.5) is 14.5 Å². The fourth-order valence-electron chi connectivity index (χ4n) is 3.18. The number of carbonyl (C=O) groups excluding carboxylic acids is 1. The lowest BCUT2D eigenvalue weighted by molar-refractivity contribution is 0.102. The zero-order chi connectivity index (χ0) is 24.1. The van der Waals surface area contributed by atoms with E-state index in [1.807, 2.05) is 0 Å². The predicted octanol–water partition coefficient (Wildman–Crippen LogP) is -1.41. The molecule has 16 heteroatoms. The molecule has 0 saturated carbocycles. The minimum atomic E-state index is -4.42. The van der Waals surface area contributed by atoms with Crippen LogP contribution in [0.15, 0.2) is 34.3 Å². The first kappa shape index (κ1) is 23.5. The third-order valence-electron chi connectivity index (χ3n) is 4.43. The number of sulfonamides is 1. The van der Waals surface area contributed by atoms with Gasteiger partial charge >= 0.3 is 0 Å². The van der Waals surface area contributed by atoms with Crippen molar-refractivity contribution in [3.8, 4) is 0 Å². The van der Waals surface area contributed by atoms with E-state index in [0.29, 0.717) is 6.07 Å². The largest absolute Gasteiger partial charge is 0.369 e. The Kier molecular flexibility index (Phi) is 5.70. The predicted molar refractivity (Wildman–Crippen MR) is 114 cm³/mol. The van der Waals surface area contributed by atoms with Crippen LogP contribution in [0.3, 0.4) is 0 Å². The molecule has 1 aromatic carbocycles. The minimum absolute atomic E-state index is 0.217. The van der Waals surface area contributed by atoms with E-state index in [1.54, 1.807) is 0 Å². The number of aliphatic imine (C=N–C) groups is 1. The van der Waals surface area contributed by atoms with Crippen molar-refractivity contribution in [3.05, 3.63) is 57.8 Å². The van der Waals surface area contributed by atoms with Crippen LogP contribution < -0.4 is 16.6 Å². The Morgan fingerprint density at radius 3 is 2.53 bits per heavy atom. The molecule has 160 valence electrons. The number of nitrogens with zero attached hydrogens (tertiary/aromatic N) is 3. The van der Waals surface area contributed by atoms with E-state index in [2.05, 4.69) is 20.3 Å². The molecule has 10 nitrogen and oxygen atoms in total. The Labute approximate surface area is 185 Å². The number of guanidine groups is 1. The number of hydrogen-bond donors (Lipinski definition) is 3. The number of amides is 1. The van der Waals surface area contributed by atoms with Crippen molar-refractivity contribution in [1.82, 2.24) is 14.3 Å². The van der Waals surface area contributed by atoms with Crippen molar-refractivity contribution < 1.29 is 22.0 Å². The van der Waals surface area contributed by atoms with Crippen LogP contribution in [0.2, 0.25) is 0 Å². The molecule has 1 aliphatic rings. The van der Waals surface area contributed by atoms with E-state index in [-0.39, 0.29) is 15.7 Å². The van der Waals surface area contributed by atoms with E-state index in [0.717, 1.165) is 18.5 Å². The number of benzene rings is 1. The van der Waals surface area contributed by atoms with Gasteiger partial charge in [0.1, 0.15) is 11.2 Å². The van der Waals surface area contributed by atoms with E-state index >= 15 is 0 Å². The highest BCUT2D eigenvalue weighted by Gasteiger charge is 2.46. The quantitative estimate of drug-likeness (QED) is 0.482. The summed E-state index contributed by atoms with van der Waals surface area (Å²) in [5, 5.41) is -0.142. The van der Waals surface area contributed by atoms with Gasteiger partial charge in [0.15, 0.2) is 11.6 Å². The second-order valence-electron chi connectivity index (χ2n) is 7.22. The number of aromatic amines is 1. The van der Waals surface area contributed by atoms with Crippen molar-refractivity contribution in [1.29, 1.82) is 0 Å². The Morgan fingerprint density at radius 2 is 2.00 bits per heavy atom. The number of nitrogens with two attached hydrogens (primary N) is 1. The maximum absolute atomic E-state index is 14.7. The maximum atomic E-state index is 14.7.